The van der Waals surface area contributed by atoms with Gasteiger partial charge in [0.1, 0.15) is 0 Å². The second-order valence-corrected chi connectivity index (χ2v) is 7.55. The predicted octanol–water partition coefficient (Wildman–Crippen LogP) is 3.47. The predicted molar refractivity (Wildman–Crippen MR) is 120 cm³/mol. The van der Waals surface area contributed by atoms with Gasteiger partial charge in [0.25, 0.3) is 11.2 Å². The van der Waals surface area contributed by atoms with Crippen LogP contribution in [0.3, 0.4) is 0 Å². The highest BCUT2D eigenvalue weighted by Gasteiger charge is 2.23. The van der Waals surface area contributed by atoms with E-state index in [0.29, 0.717) is 27.7 Å². The van der Waals surface area contributed by atoms with Crippen molar-refractivity contribution in [3.05, 3.63) is 90.7 Å². The van der Waals surface area contributed by atoms with Crippen LogP contribution >= 0.6 is 0 Å². The summed E-state index contributed by atoms with van der Waals surface area (Å²) in [4.78, 5) is 36.9. The Hall–Kier alpha value is -3.94. The van der Waals surface area contributed by atoms with Gasteiger partial charge in [0.2, 0.25) is 0 Å². The maximum Gasteiger partial charge on any atom is 0.330 e. The van der Waals surface area contributed by atoms with E-state index in [9.17, 15) is 19.7 Å². The first-order valence-corrected chi connectivity index (χ1v) is 9.91. The summed E-state index contributed by atoms with van der Waals surface area (Å²) in [6.45, 7) is 3.71. The highest BCUT2D eigenvalue weighted by molar-refractivity contribution is 5.95. The van der Waals surface area contributed by atoms with Crippen LogP contribution in [-0.4, -0.2) is 18.6 Å². The van der Waals surface area contributed by atoms with Crippen LogP contribution in [0.4, 0.5) is 5.69 Å². The summed E-state index contributed by atoms with van der Waals surface area (Å²) in [6, 6.07) is 12.7. The van der Waals surface area contributed by atoms with Crippen molar-refractivity contribution in [3.63, 3.8) is 0 Å². The Labute approximate surface area is 177 Å². The molecule has 8 nitrogen and oxygen atoms in total. The Morgan fingerprint density at radius 3 is 2.42 bits per heavy atom. The molecule has 4 aromatic rings. The molecule has 0 aliphatic rings. The van der Waals surface area contributed by atoms with E-state index in [1.54, 1.807) is 32.3 Å². The van der Waals surface area contributed by atoms with E-state index < -0.39 is 16.2 Å². The third kappa shape index (κ3) is 3.07. The molecule has 2 aromatic carbocycles. The van der Waals surface area contributed by atoms with Gasteiger partial charge in [-0.1, -0.05) is 37.3 Å². The maximum atomic E-state index is 13.2. The zero-order chi connectivity index (χ0) is 22.4. The molecule has 0 radical (unpaired) electrons. The van der Waals surface area contributed by atoms with Crippen LogP contribution in [0.25, 0.3) is 27.8 Å². The molecule has 0 aliphatic heterocycles. The molecule has 0 N–H and O–H groups in total. The minimum absolute atomic E-state index is 0.0242. The lowest BCUT2D eigenvalue weighted by Gasteiger charge is -2.14. The van der Waals surface area contributed by atoms with Crippen molar-refractivity contribution in [1.82, 2.24) is 13.7 Å². The molecule has 0 bridgehead atoms. The van der Waals surface area contributed by atoms with Crippen molar-refractivity contribution < 1.29 is 4.92 Å². The number of nitro groups is 1. The number of nitrogens with zero attached hydrogens (tertiary/aromatic N) is 4. The molecular formula is C23H22N4O4. The third-order valence-electron chi connectivity index (χ3n) is 5.75. The van der Waals surface area contributed by atoms with Crippen molar-refractivity contribution in [1.29, 1.82) is 0 Å². The topological polar surface area (TPSA) is 92.1 Å². The fraction of sp³-hybridized carbons (Fsp3) is 0.217. The summed E-state index contributed by atoms with van der Waals surface area (Å²) in [6.07, 6.45) is 2.52. The van der Waals surface area contributed by atoms with Gasteiger partial charge in [0, 0.05) is 43.2 Å². The molecule has 158 valence electrons. The summed E-state index contributed by atoms with van der Waals surface area (Å²) < 4.78 is 4.34. The van der Waals surface area contributed by atoms with Gasteiger partial charge in [-0.3, -0.25) is 24.0 Å². The fourth-order valence-electron chi connectivity index (χ4n) is 4.01. The van der Waals surface area contributed by atoms with Crippen LogP contribution in [-0.2, 0) is 20.5 Å². The second-order valence-electron chi connectivity index (χ2n) is 7.55. The van der Waals surface area contributed by atoms with Gasteiger partial charge in [-0.05, 0) is 25.0 Å². The fourth-order valence-corrected chi connectivity index (χ4v) is 4.01. The van der Waals surface area contributed by atoms with E-state index >= 15 is 0 Å². The zero-order valence-electron chi connectivity index (χ0n) is 17.7. The van der Waals surface area contributed by atoms with Gasteiger partial charge in [0.15, 0.2) is 0 Å². The molecule has 2 heterocycles. The van der Waals surface area contributed by atoms with Crippen LogP contribution in [0.15, 0.2) is 58.3 Å². The van der Waals surface area contributed by atoms with Crippen LogP contribution in [0.1, 0.15) is 18.1 Å². The molecule has 0 atom stereocenters. The molecule has 0 fully saturated rings. The number of aromatic nitrogens is 3. The summed E-state index contributed by atoms with van der Waals surface area (Å²) in [5.74, 6) is 0. The number of nitro benzene ring substituents is 1. The maximum absolute atomic E-state index is 13.2. The van der Waals surface area contributed by atoms with Crippen molar-refractivity contribution >= 4 is 16.6 Å². The number of para-hydroxylation sites is 1. The number of benzene rings is 2. The average molecular weight is 418 g/mol. The molecule has 8 heteroatoms. The van der Waals surface area contributed by atoms with Crippen molar-refractivity contribution in [2.24, 2.45) is 14.1 Å². The minimum atomic E-state index is -0.441. The van der Waals surface area contributed by atoms with Gasteiger partial charge in [0.05, 0.1) is 21.5 Å². The molecule has 2 aromatic heterocycles. The van der Waals surface area contributed by atoms with E-state index in [0.717, 1.165) is 22.2 Å². The van der Waals surface area contributed by atoms with Gasteiger partial charge < -0.3 is 4.57 Å². The lowest BCUT2D eigenvalue weighted by Crippen LogP contribution is -2.36. The number of fused-ring (bicyclic) bond motifs is 1. The zero-order valence-corrected chi connectivity index (χ0v) is 17.7. The Kier molecular flexibility index (Phi) is 4.85. The molecule has 0 aliphatic carbocycles. The van der Waals surface area contributed by atoms with Crippen LogP contribution in [0, 0.1) is 17.0 Å². The van der Waals surface area contributed by atoms with Crippen molar-refractivity contribution in [2.45, 2.75) is 20.3 Å². The van der Waals surface area contributed by atoms with E-state index in [2.05, 4.69) is 0 Å². The average Bonchev–Trinajstić information content (AvgIpc) is 3.17. The third-order valence-corrected chi connectivity index (χ3v) is 5.75. The van der Waals surface area contributed by atoms with Gasteiger partial charge >= 0.3 is 5.69 Å². The Morgan fingerprint density at radius 2 is 1.74 bits per heavy atom. The molecule has 0 saturated heterocycles. The highest BCUT2D eigenvalue weighted by atomic mass is 16.6. The summed E-state index contributed by atoms with van der Waals surface area (Å²) in [5.41, 5.74) is 3.07. The standard InChI is InChI=1S/C23H22N4O4/c1-5-15-8-6-7-9-17(15)26-13-19-20(22(28)25(4)23(29)24(19)3)21(26)16-11-10-14(2)18(12-16)27(30)31/h6-13H,5H2,1-4H3. The molecule has 0 saturated carbocycles. The number of hydrogen-bond donors (Lipinski definition) is 0. The van der Waals surface area contributed by atoms with Crippen molar-refractivity contribution in [3.8, 4) is 16.9 Å². The number of hydrogen-bond acceptors (Lipinski definition) is 4. The monoisotopic (exact) mass is 418 g/mol. The first kappa shape index (κ1) is 20.3. The number of rotatable bonds is 4. The summed E-state index contributed by atoms with van der Waals surface area (Å²) >= 11 is 0. The Morgan fingerprint density at radius 1 is 1.03 bits per heavy atom. The SMILES string of the molecule is CCc1ccccc1-n1cc2c(c1-c1ccc(C)c([N+](=O)[O-])c1)c(=O)n(C)c(=O)n2C. The first-order valence-electron chi connectivity index (χ1n) is 9.91. The molecule has 31 heavy (non-hydrogen) atoms. The molecule has 4 rings (SSSR count). The summed E-state index contributed by atoms with van der Waals surface area (Å²) in [7, 11) is 3.05. The molecular weight excluding hydrogens is 396 g/mol. The first-order chi connectivity index (χ1) is 14.8. The van der Waals surface area contributed by atoms with E-state index in [1.165, 1.54) is 17.7 Å². The minimum Gasteiger partial charge on any atom is -0.313 e. The lowest BCUT2D eigenvalue weighted by molar-refractivity contribution is -0.385. The van der Waals surface area contributed by atoms with E-state index in [-0.39, 0.29) is 5.69 Å². The van der Waals surface area contributed by atoms with Crippen LogP contribution in [0.5, 0.6) is 0 Å². The Balaban J connectivity index is 2.22. The molecule has 0 unspecified atom stereocenters. The van der Waals surface area contributed by atoms with E-state index in [1.807, 2.05) is 35.8 Å². The quantitative estimate of drug-likeness (QED) is 0.375. The van der Waals surface area contributed by atoms with Gasteiger partial charge in [-0.25, -0.2) is 4.79 Å². The number of aryl methyl sites for hydroxylation is 3. The Bertz CT molecular complexity index is 1470. The van der Waals surface area contributed by atoms with Crippen LogP contribution in [0.2, 0.25) is 0 Å². The van der Waals surface area contributed by atoms with Crippen LogP contribution < -0.4 is 11.2 Å². The highest BCUT2D eigenvalue weighted by Crippen LogP contribution is 2.34. The molecule has 0 amide bonds. The van der Waals surface area contributed by atoms with Gasteiger partial charge in [-0.2, -0.15) is 0 Å². The molecule has 0 spiro atoms. The smallest absolute Gasteiger partial charge is 0.313 e. The normalized spacial score (nSPS) is 11.2. The van der Waals surface area contributed by atoms with Crippen molar-refractivity contribution in [2.75, 3.05) is 0 Å². The second kappa shape index (κ2) is 7.39. The van der Waals surface area contributed by atoms with Gasteiger partial charge in [-0.15, -0.1) is 0 Å². The lowest BCUT2D eigenvalue weighted by atomic mass is 10.0. The van der Waals surface area contributed by atoms with E-state index in [4.69, 9.17) is 0 Å². The largest absolute Gasteiger partial charge is 0.330 e. The summed E-state index contributed by atoms with van der Waals surface area (Å²) in [5, 5.41) is 11.9.